The van der Waals surface area contributed by atoms with Crippen molar-refractivity contribution in [2.75, 3.05) is 77.6 Å². The minimum atomic E-state index is -0.482. The fraction of sp³-hybridized carbons (Fsp3) is 0.774. The van der Waals surface area contributed by atoms with Gasteiger partial charge in [-0.05, 0) is 82.5 Å². The second kappa shape index (κ2) is 21.4. The van der Waals surface area contributed by atoms with Crippen LogP contribution in [0.25, 0.3) is 0 Å². The highest BCUT2D eigenvalue weighted by Gasteiger charge is 2.20. The van der Waals surface area contributed by atoms with Gasteiger partial charge in [-0.25, -0.2) is 0 Å². The number of thioether (sulfide) groups is 1. The van der Waals surface area contributed by atoms with E-state index in [1.54, 1.807) is 6.21 Å². The third kappa shape index (κ3) is 14.5. The van der Waals surface area contributed by atoms with Gasteiger partial charge in [-0.1, -0.05) is 37.1 Å². The molecule has 0 radical (unpaired) electrons. The number of aliphatic hydroxyl groups is 1. The summed E-state index contributed by atoms with van der Waals surface area (Å²) in [6.07, 6.45) is 17.9. The first kappa shape index (κ1) is 34.8. The number of hydrogen-bond acceptors (Lipinski definition) is 9. The highest BCUT2D eigenvalue weighted by atomic mass is 32.2. The highest BCUT2D eigenvalue weighted by Crippen LogP contribution is 2.20. The molecule has 0 bridgehead atoms. The summed E-state index contributed by atoms with van der Waals surface area (Å²) in [7, 11) is 0. The number of allylic oxidation sites excluding steroid dienone is 4. The fourth-order valence-corrected chi connectivity index (χ4v) is 5.78. The predicted molar refractivity (Wildman–Crippen MR) is 173 cm³/mol. The zero-order valence-electron chi connectivity index (χ0n) is 25.6. The largest absolute Gasteiger partial charge is 0.472 e. The Balaban J connectivity index is 1.84. The van der Waals surface area contributed by atoms with E-state index in [0.29, 0.717) is 31.4 Å². The van der Waals surface area contributed by atoms with E-state index in [0.717, 1.165) is 84.3 Å². The summed E-state index contributed by atoms with van der Waals surface area (Å²) in [5.74, 6) is 2.19. The molecule has 8 nitrogen and oxygen atoms in total. The van der Waals surface area contributed by atoms with Gasteiger partial charge in [0.05, 0.1) is 12.9 Å². The Kier molecular flexibility index (Phi) is 18.6. The summed E-state index contributed by atoms with van der Waals surface area (Å²) < 4.78 is 6.03. The molecule has 0 saturated carbocycles. The lowest BCUT2D eigenvalue weighted by Crippen LogP contribution is -2.46. The Labute approximate surface area is 248 Å². The van der Waals surface area contributed by atoms with Gasteiger partial charge in [0.1, 0.15) is 0 Å². The molecule has 0 aromatic rings. The van der Waals surface area contributed by atoms with E-state index in [2.05, 4.69) is 51.9 Å². The van der Waals surface area contributed by atoms with Crippen LogP contribution in [-0.4, -0.2) is 110 Å². The minimum Gasteiger partial charge on any atom is -0.472 e. The van der Waals surface area contributed by atoms with Crippen LogP contribution in [0.4, 0.5) is 0 Å². The second-order valence-electron chi connectivity index (χ2n) is 11.1. The molecule has 230 valence electrons. The summed E-state index contributed by atoms with van der Waals surface area (Å²) in [5, 5.41) is 9.50. The third-order valence-corrected chi connectivity index (χ3v) is 8.73. The van der Waals surface area contributed by atoms with Crippen LogP contribution >= 0.6 is 11.8 Å². The van der Waals surface area contributed by atoms with Crippen molar-refractivity contribution in [3.63, 3.8) is 0 Å². The standard InChI is InChI=1S/C31H58N6O2S/c1-4-27(5-2)9-6-7-10-29(24-36-14-11-28(25-38)12-15-36)21-31(33)39-30(22-32)23-34-26-37-18-16-35(17-19-37)13-8-20-40-3/h9-10,22-23,28,31,38H,4-8,11-21,24-26,32-33H2,1-3H3/b29-10+,30-22+,34-23?. The molecule has 2 heterocycles. The van der Waals surface area contributed by atoms with Gasteiger partial charge in [-0.15, -0.1) is 0 Å². The van der Waals surface area contributed by atoms with E-state index in [-0.39, 0.29) is 0 Å². The maximum Gasteiger partial charge on any atom is 0.154 e. The normalized spacial score (nSPS) is 19.8. The second-order valence-corrected chi connectivity index (χ2v) is 12.1. The van der Waals surface area contributed by atoms with Gasteiger partial charge in [0.25, 0.3) is 0 Å². The van der Waals surface area contributed by atoms with E-state index in [9.17, 15) is 5.11 Å². The van der Waals surface area contributed by atoms with Gasteiger partial charge < -0.3 is 20.5 Å². The Morgan fingerprint density at radius 3 is 2.25 bits per heavy atom. The molecule has 5 N–H and O–H groups in total. The first-order valence-electron chi connectivity index (χ1n) is 15.5. The van der Waals surface area contributed by atoms with Crippen LogP contribution in [0.3, 0.4) is 0 Å². The Hall–Kier alpha value is -1.36. The van der Waals surface area contributed by atoms with Crippen LogP contribution in [0.2, 0.25) is 0 Å². The van der Waals surface area contributed by atoms with Gasteiger partial charge in [0.2, 0.25) is 0 Å². The molecule has 40 heavy (non-hydrogen) atoms. The summed E-state index contributed by atoms with van der Waals surface area (Å²) in [6.45, 7) is 13.8. The van der Waals surface area contributed by atoms with Gasteiger partial charge >= 0.3 is 0 Å². The van der Waals surface area contributed by atoms with Crippen LogP contribution in [0.1, 0.15) is 65.2 Å². The highest BCUT2D eigenvalue weighted by molar-refractivity contribution is 7.98. The van der Waals surface area contributed by atoms with Crippen LogP contribution in [0.5, 0.6) is 0 Å². The first-order chi connectivity index (χ1) is 19.5. The molecule has 0 aromatic carbocycles. The molecule has 0 aliphatic carbocycles. The van der Waals surface area contributed by atoms with Gasteiger partial charge in [-0.3, -0.25) is 20.5 Å². The average molecular weight is 579 g/mol. The molecule has 1 unspecified atom stereocenters. The molecule has 2 rings (SSSR count). The number of piperazine rings is 1. The van der Waals surface area contributed by atoms with Gasteiger partial charge in [0.15, 0.2) is 12.0 Å². The van der Waals surface area contributed by atoms with E-state index < -0.39 is 6.23 Å². The van der Waals surface area contributed by atoms with E-state index >= 15 is 0 Å². The Bertz CT molecular complexity index is 781. The number of nitrogens with two attached hydrogens (primary N) is 2. The third-order valence-electron chi connectivity index (χ3n) is 8.04. The van der Waals surface area contributed by atoms with Gasteiger partial charge in [0, 0.05) is 52.0 Å². The molecule has 2 saturated heterocycles. The zero-order valence-corrected chi connectivity index (χ0v) is 26.4. The van der Waals surface area contributed by atoms with Crippen molar-refractivity contribution in [2.24, 2.45) is 22.4 Å². The van der Waals surface area contributed by atoms with E-state index in [1.807, 2.05) is 11.8 Å². The van der Waals surface area contributed by atoms with Crippen molar-refractivity contribution in [3.8, 4) is 0 Å². The van der Waals surface area contributed by atoms with Crippen molar-refractivity contribution < 1.29 is 9.84 Å². The molecular weight excluding hydrogens is 520 g/mol. The maximum atomic E-state index is 9.50. The lowest BCUT2D eigenvalue weighted by atomic mass is 9.97. The maximum absolute atomic E-state index is 9.50. The molecule has 2 fully saturated rings. The van der Waals surface area contributed by atoms with Crippen molar-refractivity contribution in [3.05, 3.63) is 35.3 Å². The number of ether oxygens (including phenoxy) is 1. The summed E-state index contributed by atoms with van der Waals surface area (Å²) in [6, 6.07) is 0. The number of likely N-dealkylation sites (tertiary alicyclic amines) is 1. The van der Waals surface area contributed by atoms with Crippen LogP contribution in [0, 0.1) is 5.92 Å². The topological polar surface area (TPSA) is 104 Å². The molecule has 0 amide bonds. The number of unbranched alkanes of at least 4 members (excludes halogenated alkanes) is 1. The molecule has 1 atom stereocenters. The van der Waals surface area contributed by atoms with Crippen molar-refractivity contribution in [1.29, 1.82) is 0 Å². The molecule has 2 aliphatic heterocycles. The summed E-state index contributed by atoms with van der Waals surface area (Å²) in [5.41, 5.74) is 15.2. The van der Waals surface area contributed by atoms with E-state index in [4.69, 9.17) is 16.2 Å². The van der Waals surface area contributed by atoms with Gasteiger partial charge in [-0.2, -0.15) is 11.8 Å². The molecule has 2 aliphatic rings. The number of rotatable bonds is 19. The van der Waals surface area contributed by atoms with Crippen molar-refractivity contribution in [1.82, 2.24) is 14.7 Å². The molecule has 0 spiro atoms. The molecular formula is C31H58N6O2S. The Morgan fingerprint density at radius 1 is 1.00 bits per heavy atom. The van der Waals surface area contributed by atoms with Crippen molar-refractivity contribution in [2.45, 2.75) is 71.4 Å². The van der Waals surface area contributed by atoms with Crippen LogP contribution in [-0.2, 0) is 4.74 Å². The zero-order chi connectivity index (χ0) is 29.0. The van der Waals surface area contributed by atoms with Crippen LogP contribution in [0.15, 0.2) is 40.2 Å². The predicted octanol–water partition coefficient (Wildman–Crippen LogP) is 4.03. The fourth-order valence-electron chi connectivity index (χ4n) is 5.36. The number of piperidine rings is 1. The lowest BCUT2D eigenvalue weighted by Gasteiger charge is -2.33. The summed E-state index contributed by atoms with van der Waals surface area (Å²) in [4.78, 5) is 12.0. The minimum absolute atomic E-state index is 0.295. The average Bonchev–Trinajstić information content (AvgIpc) is 2.98. The molecule has 9 heteroatoms. The quantitative estimate of drug-likeness (QED) is 0.0694. The SMILES string of the molecule is CCC(=CCC/C=C(\CC(N)O/C(C=NCN1CCN(CCCSC)CC1)=C/N)CN1CCC(CO)CC1)CC. The smallest absolute Gasteiger partial charge is 0.154 e. The van der Waals surface area contributed by atoms with Crippen molar-refractivity contribution >= 4 is 18.0 Å². The number of aliphatic imine (C=N–C) groups is 1. The Morgan fingerprint density at radius 2 is 1.65 bits per heavy atom. The number of aliphatic hydroxyl groups excluding tert-OH is 1. The van der Waals surface area contributed by atoms with E-state index in [1.165, 1.54) is 36.1 Å². The summed E-state index contributed by atoms with van der Waals surface area (Å²) >= 11 is 1.92. The monoisotopic (exact) mass is 578 g/mol. The number of nitrogens with zero attached hydrogens (tertiary/aromatic N) is 4. The first-order valence-corrected chi connectivity index (χ1v) is 16.9. The lowest BCUT2D eigenvalue weighted by molar-refractivity contribution is 0.123. The molecule has 0 aromatic heterocycles. The van der Waals surface area contributed by atoms with Crippen LogP contribution < -0.4 is 11.5 Å². The number of hydrogen-bond donors (Lipinski definition) is 3.